The van der Waals surface area contributed by atoms with Gasteiger partial charge in [0.1, 0.15) is 24.4 Å². The summed E-state index contributed by atoms with van der Waals surface area (Å²) in [5.41, 5.74) is 0.944. The topological polar surface area (TPSA) is 126 Å². The molecule has 3 heterocycles. The molecule has 1 saturated carbocycles. The van der Waals surface area contributed by atoms with E-state index in [4.69, 9.17) is 4.74 Å². The molecule has 0 bridgehead atoms. The van der Waals surface area contributed by atoms with Crippen LogP contribution in [0.15, 0.2) is 41.8 Å². The highest BCUT2D eigenvalue weighted by atomic mass is 32.2. The number of hydrogen-bond donors (Lipinski definition) is 4. The number of benzene rings is 1. The number of rotatable bonds is 6. The van der Waals surface area contributed by atoms with Gasteiger partial charge in [0.25, 0.3) is 0 Å². The standard InChI is InChI=1S/C21H24FN5O4S/c22-11-3-1-4-12(7-11)32-8-15-17(29)18(30)21(31-15)27-10-25-16-19(23-9-24-20(16)27)26-13-5-2-6-14(13)28/h1,3-4,7,9-10,13-15,17-18,21,28-30H,2,5-6,8H2,(H,23,24,26)/t13-,14-,15-,17-,18-,21-/m1/s1. The van der Waals surface area contributed by atoms with Crippen molar-refractivity contribution in [3.63, 3.8) is 0 Å². The van der Waals surface area contributed by atoms with Gasteiger partial charge < -0.3 is 25.4 Å². The number of thioether (sulfide) groups is 1. The Kier molecular flexibility index (Phi) is 5.99. The van der Waals surface area contributed by atoms with Gasteiger partial charge in [0.15, 0.2) is 23.2 Å². The van der Waals surface area contributed by atoms with Crippen molar-refractivity contribution >= 4 is 28.7 Å². The SMILES string of the molecule is O[C@@H]1[C@H](O)[C@@H](CSc2cccc(F)c2)O[C@H]1n1cnc2c(N[C@@H]3CCC[C@H]3O)ncnc21. The minimum atomic E-state index is -1.19. The summed E-state index contributed by atoms with van der Waals surface area (Å²) in [7, 11) is 0. The Balaban J connectivity index is 1.34. The summed E-state index contributed by atoms with van der Waals surface area (Å²) in [6.07, 6.45) is 1.13. The van der Waals surface area contributed by atoms with E-state index in [1.54, 1.807) is 16.7 Å². The first-order valence-corrected chi connectivity index (χ1v) is 11.5. The minimum Gasteiger partial charge on any atom is -0.391 e. The molecule has 2 fully saturated rings. The quantitative estimate of drug-likeness (QED) is 0.406. The molecule has 1 aliphatic heterocycles. The molecular formula is C21H24FN5O4S. The van der Waals surface area contributed by atoms with Crippen LogP contribution in [0, 0.1) is 5.82 Å². The summed E-state index contributed by atoms with van der Waals surface area (Å²) in [5.74, 6) is 0.512. The number of aliphatic hydroxyl groups excluding tert-OH is 3. The number of anilines is 1. The van der Waals surface area contributed by atoms with Crippen LogP contribution in [0.2, 0.25) is 0 Å². The molecule has 2 aliphatic rings. The fourth-order valence-corrected chi connectivity index (χ4v) is 5.26. The average Bonchev–Trinajstić information content (AvgIpc) is 3.46. The lowest BCUT2D eigenvalue weighted by Crippen LogP contribution is -2.32. The van der Waals surface area contributed by atoms with E-state index in [2.05, 4.69) is 20.3 Å². The van der Waals surface area contributed by atoms with E-state index >= 15 is 0 Å². The third kappa shape index (κ3) is 4.06. The number of halogens is 1. The van der Waals surface area contributed by atoms with Gasteiger partial charge in [0, 0.05) is 10.6 Å². The number of fused-ring (bicyclic) bond motifs is 1. The molecule has 9 nitrogen and oxygen atoms in total. The molecular weight excluding hydrogens is 437 g/mol. The summed E-state index contributed by atoms with van der Waals surface area (Å²) in [6.45, 7) is 0. The van der Waals surface area contributed by atoms with E-state index < -0.39 is 30.6 Å². The molecule has 32 heavy (non-hydrogen) atoms. The number of hydrogen-bond acceptors (Lipinski definition) is 9. The van der Waals surface area contributed by atoms with Gasteiger partial charge in [-0.15, -0.1) is 11.8 Å². The van der Waals surface area contributed by atoms with Crippen molar-refractivity contribution in [1.82, 2.24) is 19.5 Å². The van der Waals surface area contributed by atoms with Crippen LogP contribution in [0.4, 0.5) is 10.2 Å². The highest BCUT2D eigenvalue weighted by Gasteiger charge is 2.44. The lowest BCUT2D eigenvalue weighted by Gasteiger charge is -2.18. The second-order valence-electron chi connectivity index (χ2n) is 8.11. The lowest BCUT2D eigenvalue weighted by molar-refractivity contribution is -0.0289. The van der Waals surface area contributed by atoms with Gasteiger partial charge in [-0.25, -0.2) is 19.3 Å². The molecule has 0 amide bonds. The first kappa shape index (κ1) is 21.5. The number of aliphatic hydroxyl groups is 3. The van der Waals surface area contributed by atoms with Crippen molar-refractivity contribution in [2.24, 2.45) is 0 Å². The van der Waals surface area contributed by atoms with E-state index in [-0.39, 0.29) is 11.9 Å². The zero-order chi connectivity index (χ0) is 22.2. The smallest absolute Gasteiger partial charge is 0.167 e. The summed E-state index contributed by atoms with van der Waals surface area (Å²) < 4.78 is 21.0. The van der Waals surface area contributed by atoms with Crippen molar-refractivity contribution in [1.29, 1.82) is 0 Å². The molecule has 11 heteroatoms. The first-order chi connectivity index (χ1) is 15.5. The molecule has 1 aromatic carbocycles. The maximum Gasteiger partial charge on any atom is 0.167 e. The summed E-state index contributed by atoms with van der Waals surface area (Å²) >= 11 is 1.34. The third-order valence-corrected chi connectivity index (χ3v) is 7.06. The van der Waals surface area contributed by atoms with Crippen molar-refractivity contribution in [2.75, 3.05) is 11.1 Å². The van der Waals surface area contributed by atoms with Crippen LogP contribution in [0.25, 0.3) is 11.2 Å². The molecule has 2 aromatic heterocycles. The second-order valence-corrected chi connectivity index (χ2v) is 9.20. The molecule has 4 N–H and O–H groups in total. The predicted octanol–water partition coefficient (Wildman–Crippen LogP) is 1.70. The zero-order valence-electron chi connectivity index (χ0n) is 17.1. The maximum atomic E-state index is 13.4. The van der Waals surface area contributed by atoms with Gasteiger partial charge in [0.2, 0.25) is 0 Å². The van der Waals surface area contributed by atoms with Crippen molar-refractivity contribution < 1.29 is 24.4 Å². The average molecular weight is 462 g/mol. The Morgan fingerprint density at radius 3 is 2.81 bits per heavy atom. The van der Waals surface area contributed by atoms with Gasteiger partial charge >= 0.3 is 0 Å². The van der Waals surface area contributed by atoms with Crippen LogP contribution in [-0.2, 0) is 4.74 Å². The number of nitrogens with one attached hydrogen (secondary N) is 1. The van der Waals surface area contributed by atoms with Crippen LogP contribution < -0.4 is 5.32 Å². The van der Waals surface area contributed by atoms with Crippen molar-refractivity contribution in [3.8, 4) is 0 Å². The lowest BCUT2D eigenvalue weighted by atomic mass is 10.1. The van der Waals surface area contributed by atoms with Crippen molar-refractivity contribution in [3.05, 3.63) is 42.7 Å². The Hall–Kier alpha value is -2.31. The van der Waals surface area contributed by atoms with Gasteiger partial charge in [-0.2, -0.15) is 0 Å². The maximum absolute atomic E-state index is 13.4. The first-order valence-electron chi connectivity index (χ1n) is 10.5. The monoisotopic (exact) mass is 461 g/mol. The summed E-state index contributed by atoms with van der Waals surface area (Å²) in [4.78, 5) is 13.7. The zero-order valence-corrected chi connectivity index (χ0v) is 17.9. The fraction of sp³-hybridized carbons (Fsp3) is 0.476. The minimum absolute atomic E-state index is 0.0994. The van der Waals surface area contributed by atoms with Gasteiger partial charge in [-0.3, -0.25) is 4.57 Å². The van der Waals surface area contributed by atoms with Crippen LogP contribution in [0.1, 0.15) is 25.5 Å². The molecule has 170 valence electrons. The summed E-state index contributed by atoms with van der Waals surface area (Å²) in [5, 5.41) is 34.5. The van der Waals surface area contributed by atoms with Crippen LogP contribution in [-0.4, -0.2) is 71.0 Å². The molecule has 0 unspecified atom stereocenters. The highest BCUT2D eigenvalue weighted by Crippen LogP contribution is 2.35. The Labute approximate surface area is 187 Å². The predicted molar refractivity (Wildman–Crippen MR) is 116 cm³/mol. The number of imidazole rings is 1. The van der Waals surface area contributed by atoms with Crippen molar-refractivity contribution in [2.45, 2.75) is 60.8 Å². The van der Waals surface area contributed by atoms with E-state index in [1.165, 1.54) is 36.5 Å². The number of nitrogens with zero attached hydrogens (tertiary/aromatic N) is 4. The molecule has 5 rings (SSSR count). The number of ether oxygens (including phenoxy) is 1. The summed E-state index contributed by atoms with van der Waals surface area (Å²) in [6, 6.07) is 6.08. The third-order valence-electron chi connectivity index (χ3n) is 5.98. The van der Waals surface area contributed by atoms with Gasteiger partial charge in [0.05, 0.1) is 24.6 Å². The van der Waals surface area contributed by atoms with Crippen LogP contribution >= 0.6 is 11.8 Å². The molecule has 6 atom stereocenters. The Morgan fingerprint density at radius 2 is 2.03 bits per heavy atom. The Bertz CT molecular complexity index is 1100. The van der Waals surface area contributed by atoms with E-state index in [0.29, 0.717) is 27.6 Å². The second kappa shape index (κ2) is 8.91. The number of aromatic nitrogens is 4. The van der Waals surface area contributed by atoms with E-state index in [0.717, 1.165) is 19.3 Å². The van der Waals surface area contributed by atoms with Crippen LogP contribution in [0.3, 0.4) is 0 Å². The fourth-order valence-electron chi connectivity index (χ4n) is 4.26. The van der Waals surface area contributed by atoms with Gasteiger partial charge in [-0.05, 0) is 37.5 Å². The van der Waals surface area contributed by atoms with Gasteiger partial charge in [-0.1, -0.05) is 6.07 Å². The Morgan fingerprint density at radius 1 is 1.16 bits per heavy atom. The molecule has 0 spiro atoms. The largest absolute Gasteiger partial charge is 0.391 e. The van der Waals surface area contributed by atoms with Crippen LogP contribution in [0.5, 0.6) is 0 Å². The van der Waals surface area contributed by atoms with E-state index in [9.17, 15) is 19.7 Å². The molecule has 3 aromatic rings. The molecule has 1 saturated heterocycles. The van der Waals surface area contributed by atoms with E-state index in [1.807, 2.05) is 0 Å². The molecule has 0 radical (unpaired) electrons. The normalized spacial score (nSPS) is 30.2. The molecule has 1 aliphatic carbocycles. The highest BCUT2D eigenvalue weighted by molar-refractivity contribution is 7.99.